The summed E-state index contributed by atoms with van der Waals surface area (Å²) in [6.07, 6.45) is 0. The maximum atomic E-state index is 12.2. The van der Waals surface area contributed by atoms with Crippen LogP contribution >= 0.6 is 0 Å². The molecule has 0 bridgehead atoms. The zero-order valence-corrected chi connectivity index (χ0v) is 16.0. The van der Waals surface area contributed by atoms with Crippen molar-refractivity contribution in [2.75, 3.05) is 33.1 Å². The van der Waals surface area contributed by atoms with Crippen molar-refractivity contribution in [1.29, 1.82) is 0 Å². The van der Waals surface area contributed by atoms with Crippen LogP contribution in [0.4, 0.5) is 5.69 Å². The highest BCUT2D eigenvalue weighted by Crippen LogP contribution is 2.27. The summed E-state index contributed by atoms with van der Waals surface area (Å²) in [6.45, 7) is 1.69. The number of benzene rings is 2. The van der Waals surface area contributed by atoms with Crippen molar-refractivity contribution in [1.82, 2.24) is 4.31 Å². The standard InChI is InChI=1S/C18H22N2O5S/c1-13-8-9-16(17(10-13)24-4)25-12-18(21)19-14-6-5-7-15(11-14)26(22,23)20(2)3/h5-11H,12H2,1-4H3,(H,19,21). The number of rotatable bonds is 7. The lowest BCUT2D eigenvalue weighted by Gasteiger charge is -2.13. The second-order valence-corrected chi connectivity index (χ2v) is 7.96. The van der Waals surface area contributed by atoms with E-state index in [9.17, 15) is 13.2 Å². The maximum Gasteiger partial charge on any atom is 0.262 e. The Kier molecular flexibility index (Phi) is 6.23. The Morgan fingerprint density at radius 2 is 1.85 bits per heavy atom. The van der Waals surface area contributed by atoms with Gasteiger partial charge in [-0.1, -0.05) is 12.1 Å². The predicted molar refractivity (Wildman–Crippen MR) is 99.2 cm³/mol. The third-order valence-electron chi connectivity index (χ3n) is 3.57. The number of sulfonamides is 1. The molecule has 8 heteroatoms. The summed E-state index contributed by atoms with van der Waals surface area (Å²) in [5, 5.41) is 2.62. The van der Waals surface area contributed by atoms with Crippen LogP contribution in [0.1, 0.15) is 5.56 Å². The maximum absolute atomic E-state index is 12.2. The molecule has 26 heavy (non-hydrogen) atoms. The molecule has 0 aromatic heterocycles. The molecule has 0 saturated heterocycles. The van der Waals surface area contributed by atoms with E-state index in [1.165, 1.54) is 33.3 Å². The highest BCUT2D eigenvalue weighted by Gasteiger charge is 2.17. The highest BCUT2D eigenvalue weighted by molar-refractivity contribution is 7.89. The van der Waals surface area contributed by atoms with Crippen LogP contribution < -0.4 is 14.8 Å². The lowest BCUT2D eigenvalue weighted by atomic mass is 10.2. The Bertz CT molecular complexity index is 894. The molecular formula is C18H22N2O5S. The van der Waals surface area contributed by atoms with Crippen LogP contribution in [-0.2, 0) is 14.8 Å². The minimum Gasteiger partial charge on any atom is -0.493 e. The molecule has 2 rings (SSSR count). The van der Waals surface area contributed by atoms with Gasteiger partial charge < -0.3 is 14.8 Å². The second-order valence-electron chi connectivity index (χ2n) is 5.81. The Balaban J connectivity index is 2.05. The smallest absolute Gasteiger partial charge is 0.262 e. The number of nitrogens with one attached hydrogen (secondary N) is 1. The summed E-state index contributed by atoms with van der Waals surface area (Å²) in [5.74, 6) is 0.584. The van der Waals surface area contributed by atoms with Crippen molar-refractivity contribution in [3.05, 3.63) is 48.0 Å². The molecule has 0 aliphatic rings. The van der Waals surface area contributed by atoms with E-state index in [1.807, 2.05) is 19.1 Å². The number of methoxy groups -OCH3 is 1. The van der Waals surface area contributed by atoms with E-state index in [4.69, 9.17) is 9.47 Å². The fourth-order valence-corrected chi connectivity index (χ4v) is 3.13. The van der Waals surface area contributed by atoms with Gasteiger partial charge in [0.2, 0.25) is 10.0 Å². The number of carbonyl (C=O) groups excluding carboxylic acids is 1. The molecule has 0 spiro atoms. The molecule has 0 fully saturated rings. The Hall–Kier alpha value is -2.58. The van der Waals surface area contributed by atoms with Crippen LogP contribution in [0, 0.1) is 6.92 Å². The molecule has 0 radical (unpaired) electrons. The lowest BCUT2D eigenvalue weighted by Crippen LogP contribution is -2.23. The molecule has 0 aliphatic carbocycles. The monoisotopic (exact) mass is 378 g/mol. The summed E-state index contributed by atoms with van der Waals surface area (Å²) in [6, 6.07) is 11.4. The van der Waals surface area contributed by atoms with Crippen LogP contribution in [0.25, 0.3) is 0 Å². The number of carbonyl (C=O) groups is 1. The fraction of sp³-hybridized carbons (Fsp3) is 0.278. The van der Waals surface area contributed by atoms with E-state index in [-0.39, 0.29) is 11.5 Å². The average molecular weight is 378 g/mol. The van der Waals surface area contributed by atoms with Gasteiger partial charge in [-0.3, -0.25) is 4.79 Å². The minimum absolute atomic E-state index is 0.0985. The molecule has 0 heterocycles. The Morgan fingerprint density at radius 3 is 2.50 bits per heavy atom. The van der Waals surface area contributed by atoms with Crippen LogP contribution in [0.15, 0.2) is 47.4 Å². The second kappa shape index (κ2) is 8.20. The fourth-order valence-electron chi connectivity index (χ4n) is 2.18. The molecule has 140 valence electrons. The van der Waals surface area contributed by atoms with E-state index in [0.29, 0.717) is 17.2 Å². The summed E-state index contributed by atoms with van der Waals surface area (Å²) in [5.41, 5.74) is 1.38. The molecule has 2 aromatic rings. The van der Waals surface area contributed by atoms with Gasteiger partial charge in [-0.15, -0.1) is 0 Å². The minimum atomic E-state index is -3.57. The van der Waals surface area contributed by atoms with Crippen molar-refractivity contribution in [2.24, 2.45) is 0 Å². The number of amides is 1. The Labute approximate surface area is 153 Å². The van der Waals surface area contributed by atoms with Crippen molar-refractivity contribution in [3.63, 3.8) is 0 Å². The third kappa shape index (κ3) is 4.74. The summed E-state index contributed by atoms with van der Waals surface area (Å²) < 4.78 is 36.1. The first-order valence-electron chi connectivity index (χ1n) is 7.84. The van der Waals surface area contributed by atoms with Crippen LogP contribution in [0.5, 0.6) is 11.5 Å². The van der Waals surface area contributed by atoms with Crippen LogP contribution in [-0.4, -0.2) is 46.4 Å². The lowest BCUT2D eigenvalue weighted by molar-refractivity contribution is -0.118. The molecule has 7 nitrogen and oxygen atoms in total. The highest BCUT2D eigenvalue weighted by atomic mass is 32.2. The first kappa shape index (κ1) is 19.7. The van der Waals surface area contributed by atoms with Crippen molar-refractivity contribution < 1.29 is 22.7 Å². The van der Waals surface area contributed by atoms with Gasteiger partial charge >= 0.3 is 0 Å². The van der Waals surface area contributed by atoms with Gasteiger partial charge in [0, 0.05) is 19.8 Å². The molecular weight excluding hydrogens is 356 g/mol. The number of aryl methyl sites for hydroxylation is 1. The largest absolute Gasteiger partial charge is 0.493 e. The number of nitrogens with zero attached hydrogens (tertiary/aromatic N) is 1. The number of hydrogen-bond acceptors (Lipinski definition) is 5. The van der Waals surface area contributed by atoms with E-state index < -0.39 is 15.9 Å². The third-order valence-corrected chi connectivity index (χ3v) is 5.39. The molecule has 0 atom stereocenters. The summed E-state index contributed by atoms with van der Waals surface area (Å²) >= 11 is 0. The molecule has 0 saturated carbocycles. The van der Waals surface area contributed by atoms with E-state index >= 15 is 0 Å². The Morgan fingerprint density at radius 1 is 1.12 bits per heavy atom. The zero-order chi connectivity index (χ0) is 19.3. The van der Waals surface area contributed by atoms with Gasteiger partial charge in [-0.2, -0.15) is 0 Å². The van der Waals surface area contributed by atoms with E-state index in [0.717, 1.165) is 9.87 Å². The van der Waals surface area contributed by atoms with Gasteiger partial charge in [0.15, 0.2) is 18.1 Å². The van der Waals surface area contributed by atoms with Crippen LogP contribution in [0.2, 0.25) is 0 Å². The van der Waals surface area contributed by atoms with E-state index in [1.54, 1.807) is 18.2 Å². The molecule has 0 unspecified atom stereocenters. The van der Waals surface area contributed by atoms with Gasteiger partial charge in [0.1, 0.15) is 0 Å². The van der Waals surface area contributed by atoms with Gasteiger partial charge in [-0.25, -0.2) is 12.7 Å². The quantitative estimate of drug-likeness (QED) is 0.799. The van der Waals surface area contributed by atoms with Crippen molar-refractivity contribution in [3.8, 4) is 11.5 Å². The topological polar surface area (TPSA) is 84.9 Å². The molecule has 0 aliphatic heterocycles. The summed E-state index contributed by atoms with van der Waals surface area (Å²) in [7, 11) is 0.852. The van der Waals surface area contributed by atoms with Crippen molar-refractivity contribution in [2.45, 2.75) is 11.8 Å². The normalized spacial score (nSPS) is 11.3. The van der Waals surface area contributed by atoms with Crippen molar-refractivity contribution >= 4 is 21.6 Å². The van der Waals surface area contributed by atoms with E-state index in [2.05, 4.69) is 5.32 Å². The number of anilines is 1. The first-order chi connectivity index (χ1) is 12.2. The molecule has 1 amide bonds. The SMILES string of the molecule is COc1cc(C)ccc1OCC(=O)Nc1cccc(S(=O)(=O)N(C)C)c1. The van der Waals surface area contributed by atoms with Gasteiger partial charge in [-0.05, 0) is 42.8 Å². The number of ether oxygens (including phenoxy) is 2. The molecule has 2 aromatic carbocycles. The average Bonchev–Trinajstić information content (AvgIpc) is 2.60. The van der Waals surface area contributed by atoms with Crippen LogP contribution in [0.3, 0.4) is 0 Å². The predicted octanol–water partition coefficient (Wildman–Crippen LogP) is 2.27. The zero-order valence-electron chi connectivity index (χ0n) is 15.1. The molecule has 1 N–H and O–H groups in total. The first-order valence-corrected chi connectivity index (χ1v) is 9.28. The summed E-state index contributed by atoms with van der Waals surface area (Å²) in [4.78, 5) is 12.2. The van der Waals surface area contributed by atoms with Gasteiger partial charge in [0.05, 0.1) is 12.0 Å². The van der Waals surface area contributed by atoms with Gasteiger partial charge in [0.25, 0.3) is 5.91 Å². The number of hydrogen-bond donors (Lipinski definition) is 1.